The van der Waals surface area contributed by atoms with Gasteiger partial charge in [-0.25, -0.2) is 10.8 Å². The molecule has 1 aliphatic rings. The van der Waals surface area contributed by atoms with E-state index in [0.29, 0.717) is 12.4 Å². The highest BCUT2D eigenvalue weighted by Gasteiger charge is 2.14. The van der Waals surface area contributed by atoms with E-state index in [0.717, 1.165) is 0 Å². The lowest BCUT2D eigenvalue weighted by Crippen LogP contribution is -2.48. The molecule has 0 aliphatic carbocycles. The quantitative estimate of drug-likeness (QED) is 0.472. The molecule has 74 valence electrons. The number of methoxy groups -OCH3 is 1. The minimum absolute atomic E-state index is 0.0475. The van der Waals surface area contributed by atoms with E-state index in [1.807, 2.05) is 0 Å². The molecular formula is C7H14N4O2. The SMILES string of the molecule is COC1=NC(NCCO)N(N)C=C1. The molecule has 6 heteroatoms. The summed E-state index contributed by atoms with van der Waals surface area (Å²) < 4.78 is 4.93. The Labute approximate surface area is 76.7 Å². The van der Waals surface area contributed by atoms with Crippen LogP contribution in [0.4, 0.5) is 0 Å². The first-order valence-corrected chi connectivity index (χ1v) is 3.95. The molecule has 0 saturated carbocycles. The molecule has 0 amide bonds. The third-order valence-corrected chi connectivity index (χ3v) is 1.57. The fraction of sp³-hybridized carbons (Fsp3) is 0.571. The lowest BCUT2D eigenvalue weighted by atomic mass is 10.5. The first kappa shape index (κ1) is 9.97. The maximum atomic E-state index is 8.59. The number of hydrazine groups is 1. The molecule has 0 aromatic rings. The number of ether oxygens (including phenoxy) is 1. The first-order valence-electron chi connectivity index (χ1n) is 3.95. The molecule has 1 atom stereocenters. The van der Waals surface area contributed by atoms with Crippen molar-refractivity contribution in [2.45, 2.75) is 6.29 Å². The van der Waals surface area contributed by atoms with E-state index in [1.54, 1.807) is 19.4 Å². The zero-order valence-corrected chi connectivity index (χ0v) is 7.47. The number of aliphatic hydroxyl groups is 1. The van der Waals surface area contributed by atoms with Crippen LogP contribution in [-0.4, -0.2) is 42.6 Å². The Morgan fingerprint density at radius 1 is 1.85 bits per heavy atom. The van der Waals surface area contributed by atoms with Gasteiger partial charge in [0.15, 0.2) is 6.29 Å². The monoisotopic (exact) mass is 186 g/mol. The summed E-state index contributed by atoms with van der Waals surface area (Å²) in [5, 5.41) is 12.9. The standard InChI is InChI=1S/C7H14N4O2/c1-13-6-2-4-11(8)7(10-6)9-3-5-12/h2,4,7,9,12H,3,5,8H2,1H3. The van der Waals surface area contributed by atoms with Gasteiger partial charge in [0.2, 0.25) is 5.90 Å². The van der Waals surface area contributed by atoms with Crippen molar-refractivity contribution in [1.82, 2.24) is 10.3 Å². The van der Waals surface area contributed by atoms with Crippen molar-refractivity contribution in [3.63, 3.8) is 0 Å². The van der Waals surface area contributed by atoms with Crippen molar-refractivity contribution in [1.29, 1.82) is 0 Å². The van der Waals surface area contributed by atoms with Gasteiger partial charge in [0.05, 0.1) is 13.7 Å². The minimum atomic E-state index is -0.368. The lowest BCUT2D eigenvalue weighted by molar-refractivity contribution is 0.210. The second kappa shape index (κ2) is 4.80. The van der Waals surface area contributed by atoms with Crippen LogP contribution in [0.5, 0.6) is 0 Å². The average Bonchev–Trinajstić information content (AvgIpc) is 2.17. The third kappa shape index (κ3) is 2.69. The molecule has 13 heavy (non-hydrogen) atoms. The van der Waals surface area contributed by atoms with E-state index in [9.17, 15) is 0 Å². The van der Waals surface area contributed by atoms with E-state index in [-0.39, 0.29) is 12.9 Å². The summed E-state index contributed by atoms with van der Waals surface area (Å²) in [4.78, 5) is 4.11. The third-order valence-electron chi connectivity index (χ3n) is 1.57. The van der Waals surface area contributed by atoms with Crippen LogP contribution in [0.1, 0.15) is 0 Å². The molecule has 0 aromatic heterocycles. The molecule has 0 radical (unpaired) electrons. The van der Waals surface area contributed by atoms with Crippen molar-refractivity contribution in [3.8, 4) is 0 Å². The predicted molar refractivity (Wildman–Crippen MR) is 48.5 cm³/mol. The van der Waals surface area contributed by atoms with Crippen LogP contribution in [0.2, 0.25) is 0 Å². The molecule has 0 saturated heterocycles. The maximum absolute atomic E-state index is 8.59. The predicted octanol–water partition coefficient (Wildman–Crippen LogP) is -1.40. The topological polar surface area (TPSA) is 83.1 Å². The highest BCUT2D eigenvalue weighted by Crippen LogP contribution is 2.01. The van der Waals surface area contributed by atoms with Crippen LogP contribution < -0.4 is 11.2 Å². The molecule has 4 N–H and O–H groups in total. The van der Waals surface area contributed by atoms with Crippen LogP contribution in [0, 0.1) is 0 Å². The summed E-state index contributed by atoms with van der Waals surface area (Å²) in [5.41, 5.74) is 0. The van der Waals surface area contributed by atoms with Crippen molar-refractivity contribution in [3.05, 3.63) is 12.3 Å². The van der Waals surface area contributed by atoms with Crippen LogP contribution in [0.3, 0.4) is 0 Å². The summed E-state index contributed by atoms with van der Waals surface area (Å²) in [6, 6.07) is 0. The van der Waals surface area contributed by atoms with Gasteiger partial charge in [-0.05, 0) is 0 Å². The number of aliphatic hydroxyl groups excluding tert-OH is 1. The molecule has 1 unspecified atom stereocenters. The fourth-order valence-electron chi connectivity index (χ4n) is 0.927. The number of nitrogens with zero attached hydrogens (tertiary/aromatic N) is 2. The van der Waals surface area contributed by atoms with Gasteiger partial charge in [-0.15, -0.1) is 0 Å². The second-order valence-electron chi connectivity index (χ2n) is 2.49. The molecule has 1 aliphatic heterocycles. The van der Waals surface area contributed by atoms with Gasteiger partial charge in [0.1, 0.15) is 0 Å². The van der Waals surface area contributed by atoms with Gasteiger partial charge in [0, 0.05) is 18.8 Å². The zero-order chi connectivity index (χ0) is 9.68. The summed E-state index contributed by atoms with van der Waals surface area (Å²) in [5.74, 6) is 6.09. The molecular weight excluding hydrogens is 172 g/mol. The van der Waals surface area contributed by atoms with Gasteiger partial charge in [-0.1, -0.05) is 0 Å². The second-order valence-corrected chi connectivity index (χ2v) is 2.49. The van der Waals surface area contributed by atoms with Crippen molar-refractivity contribution < 1.29 is 9.84 Å². The highest BCUT2D eigenvalue weighted by molar-refractivity contribution is 5.88. The molecule has 0 bridgehead atoms. The largest absolute Gasteiger partial charge is 0.481 e. The summed E-state index contributed by atoms with van der Waals surface area (Å²) in [6.07, 6.45) is 2.95. The van der Waals surface area contributed by atoms with E-state index >= 15 is 0 Å². The fourth-order valence-corrected chi connectivity index (χ4v) is 0.927. The molecule has 1 heterocycles. The van der Waals surface area contributed by atoms with Gasteiger partial charge in [-0.3, -0.25) is 10.3 Å². The first-order chi connectivity index (χ1) is 6.27. The van der Waals surface area contributed by atoms with Gasteiger partial charge in [-0.2, -0.15) is 0 Å². The van der Waals surface area contributed by atoms with Crippen molar-refractivity contribution >= 4 is 5.90 Å². The Balaban J connectivity index is 2.51. The molecule has 0 fully saturated rings. The number of hydrogen-bond acceptors (Lipinski definition) is 6. The van der Waals surface area contributed by atoms with Crippen molar-refractivity contribution in [2.75, 3.05) is 20.3 Å². The molecule has 0 aromatic carbocycles. The summed E-state index contributed by atoms with van der Waals surface area (Å²) in [7, 11) is 1.54. The number of hydrogen-bond donors (Lipinski definition) is 3. The van der Waals surface area contributed by atoms with Gasteiger partial charge < -0.3 is 9.84 Å². The summed E-state index contributed by atoms with van der Waals surface area (Å²) in [6.45, 7) is 0.485. The Bertz CT molecular complexity index is 217. The number of aliphatic imine (C=N–C) groups is 1. The zero-order valence-electron chi connectivity index (χ0n) is 7.47. The highest BCUT2D eigenvalue weighted by atomic mass is 16.5. The van der Waals surface area contributed by atoms with Gasteiger partial charge >= 0.3 is 0 Å². The average molecular weight is 186 g/mol. The van der Waals surface area contributed by atoms with Gasteiger partial charge in [0.25, 0.3) is 0 Å². The lowest BCUT2D eigenvalue weighted by Gasteiger charge is -2.26. The van der Waals surface area contributed by atoms with E-state index < -0.39 is 0 Å². The number of nitrogens with one attached hydrogen (secondary N) is 1. The Hall–Kier alpha value is -1.11. The molecule has 6 nitrogen and oxygen atoms in total. The van der Waals surface area contributed by atoms with E-state index in [2.05, 4.69) is 10.3 Å². The minimum Gasteiger partial charge on any atom is -0.481 e. The Morgan fingerprint density at radius 3 is 3.23 bits per heavy atom. The molecule has 1 rings (SSSR count). The van der Waals surface area contributed by atoms with Crippen LogP contribution in [-0.2, 0) is 4.74 Å². The number of rotatable bonds is 3. The summed E-state index contributed by atoms with van der Waals surface area (Å²) >= 11 is 0. The maximum Gasteiger partial charge on any atom is 0.213 e. The van der Waals surface area contributed by atoms with Crippen LogP contribution >= 0.6 is 0 Å². The van der Waals surface area contributed by atoms with E-state index in [1.165, 1.54) is 5.01 Å². The Morgan fingerprint density at radius 2 is 2.62 bits per heavy atom. The number of nitrogens with two attached hydrogens (primary N) is 1. The van der Waals surface area contributed by atoms with E-state index in [4.69, 9.17) is 15.7 Å². The van der Waals surface area contributed by atoms with Crippen LogP contribution in [0.25, 0.3) is 0 Å². The Kier molecular flexibility index (Phi) is 3.69. The normalized spacial score (nSPS) is 21.6. The van der Waals surface area contributed by atoms with Crippen LogP contribution in [0.15, 0.2) is 17.3 Å². The van der Waals surface area contributed by atoms with Crippen molar-refractivity contribution in [2.24, 2.45) is 10.8 Å². The molecule has 0 spiro atoms. The smallest absolute Gasteiger partial charge is 0.213 e.